The first-order valence-electron chi connectivity index (χ1n) is 11.4. The van der Waals surface area contributed by atoms with Gasteiger partial charge in [-0.2, -0.15) is 18.2 Å². The van der Waals surface area contributed by atoms with Crippen molar-refractivity contribution < 1.29 is 36.2 Å². The number of halogens is 3. The van der Waals surface area contributed by atoms with Crippen LogP contribution in [0.25, 0.3) is 11.0 Å². The highest BCUT2D eigenvalue weighted by molar-refractivity contribution is 7.92. The summed E-state index contributed by atoms with van der Waals surface area (Å²) in [5, 5.41) is 10.7. The van der Waals surface area contributed by atoms with Crippen molar-refractivity contribution in [2.45, 2.75) is 24.6 Å². The lowest BCUT2D eigenvalue weighted by Crippen LogP contribution is -2.47. The second-order valence-electron chi connectivity index (χ2n) is 8.49. The van der Waals surface area contributed by atoms with Gasteiger partial charge in [0.2, 0.25) is 5.91 Å². The van der Waals surface area contributed by atoms with E-state index in [2.05, 4.69) is 4.98 Å². The van der Waals surface area contributed by atoms with E-state index in [-0.39, 0.29) is 40.5 Å². The first-order chi connectivity index (χ1) is 17.9. The van der Waals surface area contributed by atoms with Gasteiger partial charge in [-0.15, -0.1) is 0 Å². The van der Waals surface area contributed by atoms with E-state index >= 15 is 0 Å². The molecule has 1 atom stereocenters. The Bertz CT molecular complexity index is 1570. The number of benzene rings is 3. The monoisotopic (exact) mass is 547 g/mol. The molecule has 3 aromatic carbocycles. The lowest BCUT2D eigenvalue weighted by Gasteiger charge is -2.34. The number of fused-ring (bicyclic) bond motifs is 1. The number of carbonyl (C=O) groups is 1. The van der Waals surface area contributed by atoms with E-state index in [9.17, 15) is 31.5 Å². The molecule has 12 heteroatoms. The zero-order valence-corrected chi connectivity index (χ0v) is 21.0. The number of primary amides is 1. The lowest BCUT2D eigenvalue weighted by atomic mass is 10.1. The summed E-state index contributed by atoms with van der Waals surface area (Å²) in [6.45, 7) is 0.301. The molecule has 38 heavy (non-hydrogen) atoms. The molecule has 0 aliphatic carbocycles. The quantitative estimate of drug-likeness (QED) is 0.328. The number of rotatable bonds is 9. The summed E-state index contributed by atoms with van der Waals surface area (Å²) in [5.74, 6) is -1.08. The number of ether oxygens (including phenoxy) is 1. The Balaban J connectivity index is 1.93. The third-order valence-electron chi connectivity index (χ3n) is 6.25. The highest BCUT2D eigenvalue weighted by Gasteiger charge is 2.48. The van der Waals surface area contributed by atoms with Crippen molar-refractivity contribution in [3.63, 3.8) is 0 Å². The third kappa shape index (κ3) is 4.72. The van der Waals surface area contributed by atoms with E-state index < -0.39 is 39.0 Å². The molecule has 1 amide bonds. The molecule has 0 spiro atoms. The van der Waals surface area contributed by atoms with Crippen LogP contribution in [0.3, 0.4) is 0 Å². The largest absolute Gasteiger partial charge is 0.460 e. The number of nitrogens with zero attached hydrogens (tertiary/aromatic N) is 2. The van der Waals surface area contributed by atoms with E-state index in [1.807, 2.05) is 0 Å². The Morgan fingerprint density at radius 3 is 2.24 bits per heavy atom. The fourth-order valence-corrected chi connectivity index (χ4v) is 5.86. The molecule has 3 N–H and O–H groups in total. The molecule has 1 aromatic heterocycles. The average molecular weight is 548 g/mol. The number of sulfone groups is 1. The van der Waals surface area contributed by atoms with Gasteiger partial charge in [-0.3, -0.25) is 9.36 Å². The summed E-state index contributed by atoms with van der Waals surface area (Å²) in [4.78, 5) is 14.1. The molecule has 8 nitrogen and oxygen atoms in total. The maximum atomic E-state index is 13.7. The van der Waals surface area contributed by atoms with Crippen LogP contribution >= 0.6 is 0 Å². The zero-order valence-electron chi connectivity index (χ0n) is 20.1. The van der Waals surface area contributed by atoms with Crippen molar-refractivity contribution in [1.29, 1.82) is 0 Å². The minimum Gasteiger partial charge on any atom is -0.460 e. The maximum absolute atomic E-state index is 13.7. The number of nitrogens with two attached hydrogens (primary N) is 1. The van der Waals surface area contributed by atoms with Gasteiger partial charge in [-0.05, 0) is 41.5 Å². The Morgan fingerprint density at radius 1 is 1.03 bits per heavy atom. The molecule has 0 saturated heterocycles. The molecule has 1 heterocycles. The fraction of sp³-hybridized carbons (Fsp3) is 0.231. The number of hydrogen-bond acceptors (Lipinski definition) is 6. The number of alkyl halides is 3. The Kier molecular flexibility index (Phi) is 7.22. The summed E-state index contributed by atoms with van der Waals surface area (Å²) >= 11 is 0. The number of aliphatic hydroxyl groups excluding tert-OH is 1. The van der Waals surface area contributed by atoms with Crippen molar-refractivity contribution >= 4 is 26.8 Å². The molecule has 0 saturated carbocycles. The molecule has 200 valence electrons. The molecule has 0 bridgehead atoms. The van der Waals surface area contributed by atoms with Crippen LogP contribution in [0.1, 0.15) is 34.0 Å². The van der Waals surface area contributed by atoms with Gasteiger partial charge in [0.25, 0.3) is 6.01 Å². The standard InChI is InChI=1S/C26H24F3N3O5S/c1-2-38(35,36)25(16-33,19-6-4-3-5-7-19)32-22-13-10-18(23(30)34)14-21(22)31-24(32)37-15-17-8-11-20(12-9-17)26(27,28)29/h3-14,33H,2,15-16H2,1H3,(H2,30,34). The number of amides is 1. The molecule has 4 aromatic rings. The van der Waals surface area contributed by atoms with Gasteiger partial charge in [0.15, 0.2) is 14.7 Å². The van der Waals surface area contributed by atoms with Crippen molar-refractivity contribution in [3.8, 4) is 6.01 Å². The fourth-order valence-electron chi connectivity index (χ4n) is 4.24. The zero-order chi connectivity index (χ0) is 27.7. The Hall–Kier alpha value is -3.90. The number of imidazole rings is 1. The van der Waals surface area contributed by atoms with Crippen LogP contribution in [-0.4, -0.2) is 41.3 Å². The Labute approximate surface area is 216 Å². The number of carbonyl (C=O) groups excluding carboxylic acids is 1. The SMILES string of the molecule is CCS(=O)(=O)C(CO)(c1ccccc1)n1c(OCc2ccc(C(F)(F)F)cc2)nc2cc(C(N)=O)ccc21. The van der Waals surface area contributed by atoms with Gasteiger partial charge in [0.1, 0.15) is 6.61 Å². The summed E-state index contributed by atoms with van der Waals surface area (Å²) in [6, 6.07) is 16.3. The van der Waals surface area contributed by atoms with Gasteiger partial charge in [0, 0.05) is 5.56 Å². The van der Waals surface area contributed by atoms with E-state index in [4.69, 9.17) is 10.5 Å². The molecule has 4 rings (SSSR count). The molecule has 0 radical (unpaired) electrons. The van der Waals surface area contributed by atoms with Crippen molar-refractivity contribution in [3.05, 3.63) is 95.1 Å². The third-order valence-corrected chi connectivity index (χ3v) is 8.59. The molecule has 0 fully saturated rings. The van der Waals surface area contributed by atoms with E-state index in [0.717, 1.165) is 12.1 Å². The van der Waals surface area contributed by atoms with E-state index in [0.29, 0.717) is 5.56 Å². The second kappa shape index (κ2) is 10.1. The lowest BCUT2D eigenvalue weighted by molar-refractivity contribution is -0.137. The maximum Gasteiger partial charge on any atom is 0.416 e. The van der Waals surface area contributed by atoms with Crippen molar-refractivity contribution in [2.24, 2.45) is 5.73 Å². The smallest absolute Gasteiger partial charge is 0.416 e. The molecule has 0 aliphatic heterocycles. The summed E-state index contributed by atoms with van der Waals surface area (Å²) in [7, 11) is -4.12. The van der Waals surface area contributed by atoms with Crippen LogP contribution < -0.4 is 10.5 Å². The van der Waals surface area contributed by atoms with Gasteiger partial charge in [-0.1, -0.05) is 49.4 Å². The molecular weight excluding hydrogens is 523 g/mol. The average Bonchev–Trinajstić information content (AvgIpc) is 3.26. The number of aromatic nitrogens is 2. The normalized spacial score (nSPS) is 13.8. The summed E-state index contributed by atoms with van der Waals surface area (Å²) in [5.41, 5.74) is 5.69. The first-order valence-corrected chi connectivity index (χ1v) is 13.1. The van der Waals surface area contributed by atoms with Crippen LogP contribution in [0, 0.1) is 0 Å². The Morgan fingerprint density at radius 2 is 1.68 bits per heavy atom. The predicted molar refractivity (Wildman–Crippen MR) is 134 cm³/mol. The van der Waals surface area contributed by atoms with E-state index in [1.54, 1.807) is 30.3 Å². The highest BCUT2D eigenvalue weighted by Crippen LogP contribution is 2.40. The van der Waals surface area contributed by atoms with Crippen LogP contribution in [-0.2, 0) is 27.5 Å². The summed E-state index contributed by atoms with van der Waals surface area (Å²) < 4.78 is 73.3. The van der Waals surface area contributed by atoms with Crippen molar-refractivity contribution in [1.82, 2.24) is 9.55 Å². The first kappa shape index (κ1) is 27.1. The van der Waals surface area contributed by atoms with Crippen LogP contribution in [0.15, 0.2) is 72.8 Å². The minimum absolute atomic E-state index is 0.115. The molecule has 0 aliphatic rings. The predicted octanol–water partition coefficient (Wildman–Crippen LogP) is 3.86. The van der Waals surface area contributed by atoms with Gasteiger partial charge < -0.3 is 15.6 Å². The topological polar surface area (TPSA) is 125 Å². The van der Waals surface area contributed by atoms with Crippen molar-refractivity contribution in [2.75, 3.05) is 12.4 Å². The van der Waals surface area contributed by atoms with E-state index in [1.165, 1.54) is 41.8 Å². The van der Waals surface area contributed by atoms with Gasteiger partial charge >= 0.3 is 6.18 Å². The van der Waals surface area contributed by atoms with Gasteiger partial charge in [-0.25, -0.2) is 8.42 Å². The number of aliphatic hydroxyl groups is 1. The van der Waals surface area contributed by atoms with Crippen LogP contribution in [0.2, 0.25) is 0 Å². The highest BCUT2D eigenvalue weighted by atomic mass is 32.2. The molecule has 1 unspecified atom stereocenters. The second-order valence-corrected chi connectivity index (χ2v) is 11.0. The number of hydrogen-bond donors (Lipinski definition) is 2. The van der Waals surface area contributed by atoms with Crippen LogP contribution in [0.4, 0.5) is 13.2 Å². The summed E-state index contributed by atoms with van der Waals surface area (Å²) in [6.07, 6.45) is -4.50. The minimum atomic E-state index is -4.50. The molecular formula is C26H24F3N3O5S. The van der Waals surface area contributed by atoms with Crippen LogP contribution in [0.5, 0.6) is 6.01 Å². The van der Waals surface area contributed by atoms with Gasteiger partial charge in [0.05, 0.1) is 29.0 Å².